The van der Waals surface area contributed by atoms with Gasteiger partial charge in [-0.05, 0) is 6.92 Å². The van der Waals surface area contributed by atoms with E-state index in [1.165, 1.54) is 0 Å². The lowest BCUT2D eigenvalue weighted by Gasteiger charge is -2.25. The van der Waals surface area contributed by atoms with E-state index in [9.17, 15) is 9.18 Å². The summed E-state index contributed by atoms with van der Waals surface area (Å²) in [5.74, 6) is 0. The highest BCUT2D eigenvalue weighted by atomic mass is 19.1. The third kappa shape index (κ3) is 1.66. The van der Waals surface area contributed by atoms with Crippen molar-refractivity contribution in [3.8, 4) is 0 Å². The molecule has 2 unspecified atom stereocenters. The third-order valence-corrected chi connectivity index (χ3v) is 2.10. The Hall–Kier alpha value is -0.840. The quantitative estimate of drug-likeness (QED) is 0.636. The topological polar surface area (TPSA) is 52.6 Å². The number of alkyl halides is 1. The van der Waals surface area contributed by atoms with Crippen molar-refractivity contribution in [2.45, 2.75) is 19.1 Å². The number of halogens is 1. The molecule has 0 spiro atoms. The summed E-state index contributed by atoms with van der Waals surface area (Å²) in [6.07, 6.45) is -2.12. The van der Waals surface area contributed by atoms with Crippen LogP contribution >= 0.6 is 0 Å². The Morgan fingerprint density at radius 2 is 2.42 bits per heavy atom. The van der Waals surface area contributed by atoms with E-state index in [2.05, 4.69) is 5.32 Å². The van der Waals surface area contributed by atoms with Crippen molar-refractivity contribution in [2.24, 2.45) is 0 Å². The maximum absolute atomic E-state index is 13.0. The lowest BCUT2D eigenvalue weighted by Crippen LogP contribution is -2.44. The van der Waals surface area contributed by atoms with Gasteiger partial charge in [0, 0.05) is 19.6 Å². The number of nitrogens with zero attached hydrogens (tertiary/aromatic N) is 1. The summed E-state index contributed by atoms with van der Waals surface area (Å²) >= 11 is 0. The van der Waals surface area contributed by atoms with Crippen molar-refractivity contribution < 1.29 is 14.3 Å². The summed E-state index contributed by atoms with van der Waals surface area (Å²) in [6.45, 7) is 2.72. The monoisotopic (exact) mass is 176 g/mol. The highest BCUT2D eigenvalue weighted by molar-refractivity contribution is 5.65. The fraction of sp³-hybridized carbons (Fsp3) is 0.857. The Labute approximate surface area is 70.4 Å². The summed E-state index contributed by atoms with van der Waals surface area (Å²) in [5.41, 5.74) is 0. The molecule has 1 heterocycles. The van der Waals surface area contributed by atoms with Crippen LogP contribution in [0.2, 0.25) is 0 Å². The Balaban J connectivity index is 2.58. The second kappa shape index (κ2) is 3.71. The van der Waals surface area contributed by atoms with Crippen molar-refractivity contribution >= 4 is 6.09 Å². The number of hydrogen-bond donors (Lipinski definition) is 2. The fourth-order valence-corrected chi connectivity index (χ4v) is 1.45. The molecule has 1 aliphatic heterocycles. The molecule has 12 heavy (non-hydrogen) atoms. The van der Waals surface area contributed by atoms with Crippen LogP contribution in [0.15, 0.2) is 0 Å². The average molecular weight is 176 g/mol. The molecule has 5 heteroatoms. The van der Waals surface area contributed by atoms with Gasteiger partial charge in [-0.25, -0.2) is 9.18 Å². The van der Waals surface area contributed by atoms with Gasteiger partial charge < -0.3 is 15.3 Å². The second-order valence-corrected chi connectivity index (χ2v) is 2.81. The minimum absolute atomic E-state index is 0.258. The molecule has 0 radical (unpaired) electrons. The van der Waals surface area contributed by atoms with E-state index in [0.29, 0.717) is 13.1 Å². The Bertz CT molecular complexity index is 177. The predicted octanol–water partition coefficient (Wildman–Crippen LogP) is 0.296. The van der Waals surface area contributed by atoms with Crippen molar-refractivity contribution in [2.75, 3.05) is 19.6 Å². The van der Waals surface area contributed by atoms with E-state index in [4.69, 9.17) is 5.11 Å². The summed E-state index contributed by atoms with van der Waals surface area (Å²) in [6, 6.07) is -0.507. The van der Waals surface area contributed by atoms with Crippen molar-refractivity contribution in [3.05, 3.63) is 0 Å². The zero-order valence-corrected chi connectivity index (χ0v) is 6.96. The fourth-order valence-electron chi connectivity index (χ4n) is 1.45. The summed E-state index contributed by atoms with van der Waals surface area (Å²) in [5, 5.41) is 11.5. The van der Waals surface area contributed by atoms with Gasteiger partial charge in [0.05, 0.1) is 6.04 Å². The number of rotatable bonds is 2. The molecular weight excluding hydrogens is 163 g/mol. The average Bonchev–Trinajstić information content (AvgIpc) is 2.38. The predicted molar refractivity (Wildman–Crippen MR) is 42.0 cm³/mol. The van der Waals surface area contributed by atoms with Crippen LogP contribution in [0.1, 0.15) is 6.92 Å². The first kappa shape index (κ1) is 9.25. The van der Waals surface area contributed by atoms with E-state index in [0.717, 1.165) is 4.90 Å². The maximum atomic E-state index is 13.0. The molecular formula is C7H13FN2O2. The lowest BCUT2D eigenvalue weighted by atomic mass is 10.2. The number of amides is 1. The number of carbonyl (C=O) groups is 1. The molecule has 0 aliphatic carbocycles. The normalized spacial score (nSPS) is 28.8. The molecule has 1 saturated heterocycles. The van der Waals surface area contributed by atoms with Crippen LogP contribution in [0.3, 0.4) is 0 Å². The van der Waals surface area contributed by atoms with Crippen LogP contribution in [0, 0.1) is 0 Å². The van der Waals surface area contributed by atoms with Crippen LogP contribution in [0.4, 0.5) is 9.18 Å². The molecule has 0 saturated carbocycles. The van der Waals surface area contributed by atoms with Gasteiger partial charge in [0.1, 0.15) is 6.17 Å². The number of nitrogens with one attached hydrogen (secondary N) is 1. The van der Waals surface area contributed by atoms with E-state index >= 15 is 0 Å². The van der Waals surface area contributed by atoms with Gasteiger partial charge >= 0.3 is 6.09 Å². The molecule has 0 bridgehead atoms. The SMILES string of the molecule is CCN(C(=O)O)C1CNCC1F. The van der Waals surface area contributed by atoms with E-state index < -0.39 is 18.3 Å². The maximum Gasteiger partial charge on any atom is 0.407 e. The van der Waals surface area contributed by atoms with Crippen LogP contribution in [0.25, 0.3) is 0 Å². The second-order valence-electron chi connectivity index (χ2n) is 2.81. The lowest BCUT2D eigenvalue weighted by molar-refractivity contribution is 0.110. The molecule has 1 fully saturated rings. The largest absolute Gasteiger partial charge is 0.465 e. The minimum Gasteiger partial charge on any atom is -0.465 e. The molecule has 1 rings (SSSR count). The summed E-state index contributed by atoms with van der Waals surface area (Å²) < 4.78 is 13.0. The molecule has 2 N–H and O–H groups in total. The Morgan fingerprint density at radius 3 is 2.75 bits per heavy atom. The third-order valence-electron chi connectivity index (χ3n) is 2.10. The minimum atomic E-state index is -1.07. The van der Waals surface area contributed by atoms with Gasteiger partial charge in [-0.2, -0.15) is 0 Å². The Kier molecular flexibility index (Phi) is 2.86. The smallest absolute Gasteiger partial charge is 0.407 e. The molecule has 70 valence electrons. The first-order chi connectivity index (χ1) is 5.66. The highest BCUT2D eigenvalue weighted by Crippen LogP contribution is 2.12. The standard InChI is InChI=1S/C7H13FN2O2/c1-2-10(7(11)12)6-4-9-3-5(6)8/h5-6,9H,2-4H2,1H3,(H,11,12). The van der Waals surface area contributed by atoms with Crippen molar-refractivity contribution in [3.63, 3.8) is 0 Å². The van der Waals surface area contributed by atoms with Crippen LogP contribution in [0.5, 0.6) is 0 Å². The summed E-state index contributed by atoms with van der Waals surface area (Å²) in [7, 11) is 0. The zero-order valence-electron chi connectivity index (χ0n) is 6.96. The van der Waals surface area contributed by atoms with Gasteiger partial charge in [0.2, 0.25) is 0 Å². The van der Waals surface area contributed by atoms with E-state index in [-0.39, 0.29) is 6.54 Å². The molecule has 0 aromatic carbocycles. The molecule has 0 aromatic rings. The van der Waals surface area contributed by atoms with E-state index in [1.54, 1.807) is 6.92 Å². The molecule has 0 aromatic heterocycles. The van der Waals surface area contributed by atoms with E-state index in [1.807, 2.05) is 0 Å². The van der Waals surface area contributed by atoms with Crippen LogP contribution < -0.4 is 5.32 Å². The first-order valence-electron chi connectivity index (χ1n) is 4.01. The number of hydrogen-bond acceptors (Lipinski definition) is 2. The van der Waals surface area contributed by atoms with Gasteiger partial charge in [-0.15, -0.1) is 0 Å². The van der Waals surface area contributed by atoms with Crippen molar-refractivity contribution in [1.29, 1.82) is 0 Å². The number of likely N-dealkylation sites (N-methyl/N-ethyl adjacent to an activating group) is 1. The van der Waals surface area contributed by atoms with Gasteiger partial charge in [0.15, 0.2) is 0 Å². The van der Waals surface area contributed by atoms with Crippen LogP contribution in [-0.4, -0.2) is 47.9 Å². The number of carboxylic acid groups (broad SMARTS) is 1. The first-order valence-corrected chi connectivity index (χ1v) is 4.01. The molecule has 2 atom stereocenters. The van der Waals surface area contributed by atoms with Gasteiger partial charge in [-0.3, -0.25) is 0 Å². The highest BCUT2D eigenvalue weighted by Gasteiger charge is 2.33. The molecule has 1 amide bonds. The molecule has 4 nitrogen and oxygen atoms in total. The Morgan fingerprint density at radius 1 is 1.75 bits per heavy atom. The van der Waals surface area contributed by atoms with Gasteiger partial charge in [-0.1, -0.05) is 0 Å². The van der Waals surface area contributed by atoms with Crippen LogP contribution in [-0.2, 0) is 0 Å². The summed E-state index contributed by atoms with van der Waals surface area (Å²) in [4.78, 5) is 11.7. The van der Waals surface area contributed by atoms with Gasteiger partial charge in [0.25, 0.3) is 0 Å². The zero-order chi connectivity index (χ0) is 9.14. The van der Waals surface area contributed by atoms with Crippen molar-refractivity contribution in [1.82, 2.24) is 10.2 Å². The molecule has 1 aliphatic rings.